The van der Waals surface area contributed by atoms with E-state index >= 15 is 0 Å². The zero-order valence-corrected chi connectivity index (χ0v) is 23.1. The van der Waals surface area contributed by atoms with Gasteiger partial charge in [-0.2, -0.15) is 0 Å². The molecule has 4 N–H and O–H groups in total. The number of hydrogen-bond acceptors (Lipinski definition) is 5. The van der Waals surface area contributed by atoms with E-state index in [1.807, 2.05) is 19.9 Å². The van der Waals surface area contributed by atoms with Gasteiger partial charge >= 0.3 is 6.09 Å². The lowest BCUT2D eigenvalue weighted by Gasteiger charge is -2.30. The van der Waals surface area contributed by atoms with Crippen LogP contribution in [0.5, 0.6) is 0 Å². The van der Waals surface area contributed by atoms with E-state index in [-0.39, 0.29) is 0 Å². The summed E-state index contributed by atoms with van der Waals surface area (Å²) in [5.41, 5.74) is 7.62. The molecule has 4 amide bonds. The number of anilines is 1. The van der Waals surface area contributed by atoms with Crippen molar-refractivity contribution < 1.29 is 23.9 Å². The summed E-state index contributed by atoms with van der Waals surface area (Å²) in [5.74, 6) is -2.41. The van der Waals surface area contributed by atoms with Crippen LogP contribution in [0.4, 0.5) is 10.5 Å². The molecular weight excluding hydrogens is 508 g/mol. The molecule has 10 heteroatoms. The monoisotopic (exact) mass is 540 g/mol. The summed E-state index contributed by atoms with van der Waals surface area (Å²) in [4.78, 5) is 52.5. The van der Waals surface area contributed by atoms with Gasteiger partial charge in [-0.15, -0.1) is 0 Å². The molecule has 0 fully saturated rings. The Balaban J connectivity index is 2.56. The average molecular weight is 541 g/mol. The topological polar surface area (TPSA) is 131 Å². The van der Waals surface area contributed by atoms with Crippen molar-refractivity contribution in [3.63, 3.8) is 0 Å². The normalized spacial score (nSPS) is 12.5. The first kappa shape index (κ1) is 30.2. The number of alkyl carbamates (subject to hydrolysis) is 1. The molecule has 9 nitrogen and oxygen atoms in total. The second-order valence-corrected chi connectivity index (χ2v) is 10.4. The minimum absolute atomic E-state index is 0.300. The van der Waals surface area contributed by atoms with Gasteiger partial charge in [-0.25, -0.2) is 4.79 Å². The first-order valence-electron chi connectivity index (χ1n) is 11.8. The fourth-order valence-electron chi connectivity index (χ4n) is 3.85. The molecule has 0 heterocycles. The molecule has 0 saturated carbocycles. The van der Waals surface area contributed by atoms with E-state index in [9.17, 15) is 19.2 Å². The molecule has 0 aromatic heterocycles. The predicted molar refractivity (Wildman–Crippen MR) is 146 cm³/mol. The highest BCUT2D eigenvalue weighted by Gasteiger charge is 2.37. The third-order valence-corrected chi connectivity index (χ3v) is 5.62. The number of aryl methyl sites for hydroxylation is 3. The first-order valence-corrected chi connectivity index (χ1v) is 12.2. The Kier molecular flexibility index (Phi) is 9.91. The molecule has 38 heavy (non-hydrogen) atoms. The van der Waals surface area contributed by atoms with Crippen LogP contribution in [0.25, 0.3) is 0 Å². The van der Waals surface area contributed by atoms with Crippen LogP contribution in [0, 0.1) is 33.2 Å². The van der Waals surface area contributed by atoms with Crippen LogP contribution in [-0.2, 0) is 19.1 Å². The number of para-hydroxylation sites is 1. The maximum absolute atomic E-state index is 13.7. The van der Waals surface area contributed by atoms with Gasteiger partial charge < -0.3 is 21.1 Å². The van der Waals surface area contributed by atoms with Crippen molar-refractivity contribution in [3.05, 3.63) is 63.7 Å². The average Bonchev–Trinajstić information content (AvgIpc) is 2.76. The first-order chi connectivity index (χ1) is 17.6. The molecular formula is C28H33ClN4O5. The Hall–Kier alpha value is -4.03. The SMILES string of the molecule is C#CN(C(=O)C(CC(N)=O)NC(=O)OC(C)(C)C)C(C(=O)Nc1c(C)cccc1Cl)c1cc(C)cc(C)c1. The second kappa shape index (κ2) is 12.5. The highest BCUT2D eigenvalue weighted by atomic mass is 35.5. The minimum atomic E-state index is -1.48. The smallest absolute Gasteiger partial charge is 0.408 e. The molecule has 0 bridgehead atoms. The zero-order chi connectivity index (χ0) is 28.8. The van der Waals surface area contributed by atoms with Crippen molar-refractivity contribution >= 4 is 41.1 Å². The van der Waals surface area contributed by atoms with E-state index in [0.29, 0.717) is 21.8 Å². The van der Waals surface area contributed by atoms with Crippen LogP contribution in [0.3, 0.4) is 0 Å². The quantitative estimate of drug-likeness (QED) is 0.342. The minimum Gasteiger partial charge on any atom is -0.444 e. The van der Waals surface area contributed by atoms with E-state index in [2.05, 4.69) is 16.7 Å². The Morgan fingerprint density at radius 3 is 2.21 bits per heavy atom. The highest BCUT2D eigenvalue weighted by Crippen LogP contribution is 2.30. The van der Waals surface area contributed by atoms with Gasteiger partial charge in [0.2, 0.25) is 5.91 Å². The summed E-state index contributed by atoms with van der Waals surface area (Å²) in [6.07, 6.45) is 4.25. The number of ether oxygens (including phenoxy) is 1. The number of nitrogens with one attached hydrogen (secondary N) is 2. The van der Waals surface area contributed by atoms with E-state index in [1.165, 1.54) is 0 Å². The van der Waals surface area contributed by atoms with Crippen LogP contribution in [0.15, 0.2) is 36.4 Å². The Morgan fingerprint density at radius 2 is 1.71 bits per heavy atom. The van der Waals surface area contributed by atoms with Crippen molar-refractivity contribution in [2.45, 2.75) is 65.6 Å². The number of primary amides is 1. The molecule has 0 saturated heterocycles. The van der Waals surface area contributed by atoms with Crippen molar-refractivity contribution in [3.8, 4) is 12.5 Å². The van der Waals surface area contributed by atoms with Crippen molar-refractivity contribution in [1.82, 2.24) is 10.2 Å². The van der Waals surface area contributed by atoms with Gasteiger partial charge in [0.25, 0.3) is 11.8 Å². The van der Waals surface area contributed by atoms with Gasteiger partial charge in [0.15, 0.2) is 0 Å². The van der Waals surface area contributed by atoms with Crippen molar-refractivity contribution in [1.29, 1.82) is 0 Å². The van der Waals surface area contributed by atoms with E-state index in [0.717, 1.165) is 16.0 Å². The fourth-order valence-corrected chi connectivity index (χ4v) is 4.12. The van der Waals surface area contributed by atoms with E-state index < -0.39 is 47.9 Å². The molecule has 0 spiro atoms. The van der Waals surface area contributed by atoms with Crippen LogP contribution in [-0.4, -0.2) is 40.4 Å². The molecule has 0 aliphatic carbocycles. The number of amides is 4. The van der Waals surface area contributed by atoms with Crippen LogP contribution < -0.4 is 16.4 Å². The molecule has 202 valence electrons. The van der Waals surface area contributed by atoms with Gasteiger partial charge in [-0.1, -0.05) is 59.5 Å². The molecule has 2 atom stereocenters. The summed E-state index contributed by atoms with van der Waals surface area (Å²) in [5, 5.41) is 5.43. The summed E-state index contributed by atoms with van der Waals surface area (Å²) >= 11 is 6.32. The second-order valence-electron chi connectivity index (χ2n) is 9.95. The lowest BCUT2D eigenvalue weighted by atomic mass is 9.98. The van der Waals surface area contributed by atoms with Crippen LogP contribution in [0.2, 0.25) is 5.02 Å². The van der Waals surface area contributed by atoms with Crippen LogP contribution >= 0.6 is 11.6 Å². The highest BCUT2D eigenvalue weighted by molar-refractivity contribution is 6.34. The molecule has 2 rings (SSSR count). The van der Waals surface area contributed by atoms with Gasteiger partial charge in [0.05, 0.1) is 17.1 Å². The van der Waals surface area contributed by atoms with E-state index in [1.54, 1.807) is 58.0 Å². The number of nitrogens with zero attached hydrogens (tertiary/aromatic N) is 1. The Labute approximate surface area is 228 Å². The van der Waals surface area contributed by atoms with Gasteiger partial charge in [-0.3, -0.25) is 19.3 Å². The van der Waals surface area contributed by atoms with Gasteiger partial charge in [-0.05, 0) is 58.7 Å². The molecule has 0 aliphatic heterocycles. The van der Waals surface area contributed by atoms with Gasteiger partial charge in [0.1, 0.15) is 17.7 Å². The number of carbonyl (C=O) groups is 4. The summed E-state index contributed by atoms with van der Waals surface area (Å²) in [6.45, 7) is 10.4. The van der Waals surface area contributed by atoms with Gasteiger partial charge in [0, 0.05) is 6.04 Å². The summed E-state index contributed by atoms with van der Waals surface area (Å²) < 4.78 is 5.22. The van der Waals surface area contributed by atoms with Crippen molar-refractivity contribution in [2.75, 3.05) is 5.32 Å². The number of hydrogen-bond donors (Lipinski definition) is 3. The number of carbonyl (C=O) groups excluding carboxylic acids is 4. The third kappa shape index (κ3) is 8.25. The Morgan fingerprint density at radius 1 is 1.11 bits per heavy atom. The Bertz CT molecular complexity index is 1240. The standard InChI is InChI=1S/C28H33ClN4O5/c1-8-33(26(36)21(15-22(30)34)31-27(37)38-28(5,6)7)24(19-13-16(2)12-17(3)14-19)25(35)32-23-18(4)10-9-11-20(23)29/h1,9-14,21,24H,15H2,2-7H3,(H2,30,34)(H,31,37)(H,32,35). The summed E-state index contributed by atoms with van der Waals surface area (Å²) in [7, 11) is 0. The maximum atomic E-state index is 13.7. The molecule has 2 aromatic carbocycles. The predicted octanol–water partition coefficient (Wildman–Crippen LogP) is 4.13. The number of nitrogens with two attached hydrogens (primary N) is 1. The lowest BCUT2D eigenvalue weighted by molar-refractivity contribution is -0.138. The van der Waals surface area contributed by atoms with E-state index in [4.69, 9.17) is 28.5 Å². The maximum Gasteiger partial charge on any atom is 0.408 e. The number of benzene rings is 2. The lowest BCUT2D eigenvalue weighted by Crippen LogP contribution is -2.52. The fraction of sp³-hybridized carbons (Fsp3) is 0.357. The number of rotatable bonds is 8. The third-order valence-electron chi connectivity index (χ3n) is 5.31. The van der Waals surface area contributed by atoms with Crippen molar-refractivity contribution in [2.24, 2.45) is 5.73 Å². The van der Waals surface area contributed by atoms with Crippen LogP contribution in [0.1, 0.15) is 55.5 Å². The molecule has 2 aromatic rings. The molecule has 0 aliphatic rings. The molecule has 2 unspecified atom stereocenters. The number of terminal acetylenes is 1. The number of halogens is 1. The molecule has 0 radical (unpaired) electrons. The largest absolute Gasteiger partial charge is 0.444 e. The zero-order valence-electron chi connectivity index (χ0n) is 22.3. The summed E-state index contributed by atoms with van der Waals surface area (Å²) in [6, 6.07) is 9.91.